The molecule has 2 aliphatic heterocycles. The van der Waals surface area contributed by atoms with E-state index >= 15 is 0 Å². The molecular weight excluding hydrogens is 1000 g/mol. The zero-order valence-electron chi connectivity index (χ0n) is 50.4. The SMILES string of the molecule is CCCCCCCCCC/C=C\CCCCCCCCCCCC(=O)NC(COC1OC(CO)C(OC2OC(CO)C(O)C(O)C2O)C(O)C1O)C(O)/C=C/CCCCCCCCCCCCCCCCCCCCCCCC. The second-order valence-electron chi connectivity index (χ2n) is 23.6. The van der Waals surface area contributed by atoms with Crippen molar-refractivity contribution in [2.24, 2.45) is 0 Å². The van der Waals surface area contributed by atoms with Gasteiger partial charge in [-0.1, -0.05) is 263 Å². The lowest BCUT2D eigenvalue weighted by atomic mass is 9.97. The first-order valence-electron chi connectivity index (χ1n) is 33.1. The number of aliphatic hydroxyl groups is 8. The number of unbranched alkanes of at least 4 members (excludes halogenated alkanes) is 39. The molecule has 79 heavy (non-hydrogen) atoms. The summed E-state index contributed by atoms with van der Waals surface area (Å²) in [6.45, 7) is 2.84. The van der Waals surface area contributed by atoms with E-state index in [0.717, 1.165) is 38.5 Å². The molecule has 2 rings (SSSR count). The number of carbonyl (C=O) groups is 1. The molecule has 466 valence electrons. The van der Waals surface area contributed by atoms with Crippen molar-refractivity contribution in [3.05, 3.63) is 24.3 Å². The fourth-order valence-electron chi connectivity index (χ4n) is 11.1. The molecule has 0 bridgehead atoms. The average Bonchev–Trinajstić information content (AvgIpc) is 3.47. The van der Waals surface area contributed by atoms with Crippen LogP contribution in [0.15, 0.2) is 24.3 Å². The van der Waals surface area contributed by atoms with E-state index in [1.165, 1.54) is 225 Å². The molecule has 0 saturated carbocycles. The van der Waals surface area contributed by atoms with Crippen molar-refractivity contribution < 1.29 is 64.6 Å². The van der Waals surface area contributed by atoms with E-state index in [4.69, 9.17) is 18.9 Å². The van der Waals surface area contributed by atoms with Crippen LogP contribution < -0.4 is 5.32 Å². The van der Waals surface area contributed by atoms with E-state index < -0.39 is 86.8 Å². The molecule has 2 saturated heterocycles. The number of amides is 1. The first-order valence-corrected chi connectivity index (χ1v) is 33.1. The van der Waals surface area contributed by atoms with Crippen LogP contribution in [0, 0.1) is 0 Å². The van der Waals surface area contributed by atoms with Crippen LogP contribution in [0.5, 0.6) is 0 Å². The molecule has 0 aliphatic carbocycles. The average molecular weight is 1130 g/mol. The van der Waals surface area contributed by atoms with Crippen LogP contribution in [0.1, 0.15) is 290 Å². The number of nitrogens with one attached hydrogen (secondary N) is 1. The molecule has 9 N–H and O–H groups in total. The Hall–Kier alpha value is -1.53. The summed E-state index contributed by atoms with van der Waals surface area (Å²) in [5, 5.41) is 87.3. The summed E-state index contributed by atoms with van der Waals surface area (Å²) >= 11 is 0. The lowest BCUT2D eigenvalue weighted by Crippen LogP contribution is -2.65. The molecule has 0 aromatic rings. The minimum absolute atomic E-state index is 0.237. The van der Waals surface area contributed by atoms with Gasteiger partial charge in [0.15, 0.2) is 12.6 Å². The van der Waals surface area contributed by atoms with Gasteiger partial charge in [0.25, 0.3) is 0 Å². The fraction of sp³-hybridized carbons (Fsp3) is 0.923. The predicted molar refractivity (Wildman–Crippen MR) is 318 cm³/mol. The molecule has 0 aromatic heterocycles. The van der Waals surface area contributed by atoms with E-state index in [9.17, 15) is 45.6 Å². The van der Waals surface area contributed by atoms with Gasteiger partial charge in [-0.05, 0) is 44.9 Å². The summed E-state index contributed by atoms with van der Waals surface area (Å²) < 4.78 is 22.8. The maximum absolute atomic E-state index is 13.3. The van der Waals surface area contributed by atoms with Crippen LogP contribution >= 0.6 is 0 Å². The molecule has 2 aliphatic rings. The standard InChI is InChI=1S/C65H123NO13/c1-3-5-7-9-11-13-15-17-19-21-23-25-26-27-29-30-32-34-36-38-40-42-44-46-48-54(69)53(52-76-64-62(75)60(73)63(56(51-68)78-64)79-65-61(74)59(72)58(71)55(50-67)77-65)66-57(70)49-47-45-43-41-39-37-35-33-31-28-24-22-20-18-16-14-12-10-8-6-4-2/h22,24,46,48,53-56,58-65,67-69,71-75H,3-21,23,25-45,47,49-52H2,1-2H3,(H,66,70)/b24-22-,48-46+. The van der Waals surface area contributed by atoms with Gasteiger partial charge in [0.2, 0.25) is 5.91 Å². The highest BCUT2D eigenvalue weighted by Gasteiger charge is 2.51. The molecule has 0 spiro atoms. The number of ether oxygens (including phenoxy) is 4. The first-order chi connectivity index (χ1) is 38.6. The number of allylic oxidation sites excluding steroid dienone is 3. The highest BCUT2D eigenvalue weighted by Crippen LogP contribution is 2.30. The van der Waals surface area contributed by atoms with Gasteiger partial charge in [-0.3, -0.25) is 4.79 Å². The van der Waals surface area contributed by atoms with Crippen LogP contribution in [0.4, 0.5) is 0 Å². The quantitative estimate of drug-likeness (QED) is 0.0204. The van der Waals surface area contributed by atoms with E-state index in [1.54, 1.807) is 6.08 Å². The Bertz CT molecular complexity index is 1420. The second kappa shape index (κ2) is 50.9. The maximum Gasteiger partial charge on any atom is 0.220 e. The van der Waals surface area contributed by atoms with Crippen LogP contribution in [0.3, 0.4) is 0 Å². The van der Waals surface area contributed by atoms with E-state index in [1.807, 2.05) is 6.08 Å². The Kier molecular flexibility index (Phi) is 47.4. The van der Waals surface area contributed by atoms with Gasteiger partial charge >= 0.3 is 0 Å². The molecule has 14 heteroatoms. The summed E-state index contributed by atoms with van der Waals surface area (Å²) in [7, 11) is 0. The highest BCUT2D eigenvalue weighted by atomic mass is 16.7. The third-order valence-corrected chi connectivity index (χ3v) is 16.4. The molecular formula is C65H123NO13. The summed E-state index contributed by atoms with van der Waals surface area (Å²) in [6, 6.07) is -0.915. The van der Waals surface area contributed by atoms with Gasteiger partial charge < -0.3 is 65.1 Å². The van der Waals surface area contributed by atoms with Crippen molar-refractivity contribution in [2.45, 2.75) is 364 Å². The van der Waals surface area contributed by atoms with Crippen molar-refractivity contribution >= 4 is 5.91 Å². The molecule has 1 amide bonds. The molecule has 2 heterocycles. The Balaban J connectivity index is 1.72. The molecule has 0 aromatic carbocycles. The molecule has 14 nitrogen and oxygen atoms in total. The van der Waals surface area contributed by atoms with E-state index in [0.29, 0.717) is 6.42 Å². The minimum atomic E-state index is -1.79. The summed E-state index contributed by atoms with van der Waals surface area (Å²) in [6.07, 6.45) is 45.0. The van der Waals surface area contributed by atoms with Crippen molar-refractivity contribution in [1.29, 1.82) is 0 Å². The zero-order chi connectivity index (χ0) is 57.4. The Morgan fingerprint density at radius 3 is 1.20 bits per heavy atom. The molecule has 12 atom stereocenters. The molecule has 2 fully saturated rings. The third kappa shape index (κ3) is 36.0. The second-order valence-corrected chi connectivity index (χ2v) is 23.6. The van der Waals surface area contributed by atoms with Crippen LogP contribution in [-0.2, 0) is 23.7 Å². The highest BCUT2D eigenvalue weighted by molar-refractivity contribution is 5.76. The number of aliphatic hydroxyl groups excluding tert-OH is 8. The summed E-state index contributed by atoms with van der Waals surface area (Å²) in [5.74, 6) is -0.237. The Morgan fingerprint density at radius 2 is 0.797 bits per heavy atom. The van der Waals surface area contributed by atoms with Gasteiger partial charge in [-0.25, -0.2) is 0 Å². The molecule has 12 unspecified atom stereocenters. The maximum atomic E-state index is 13.3. The first kappa shape index (κ1) is 73.6. The van der Waals surface area contributed by atoms with E-state index in [2.05, 4.69) is 31.3 Å². The van der Waals surface area contributed by atoms with Crippen molar-refractivity contribution in [2.75, 3.05) is 19.8 Å². The number of hydrogen-bond acceptors (Lipinski definition) is 13. The summed E-state index contributed by atoms with van der Waals surface area (Å²) in [5.41, 5.74) is 0. The lowest BCUT2D eigenvalue weighted by molar-refractivity contribution is -0.359. The Morgan fingerprint density at radius 1 is 0.443 bits per heavy atom. The van der Waals surface area contributed by atoms with Crippen LogP contribution in [0.25, 0.3) is 0 Å². The number of carbonyl (C=O) groups excluding carboxylic acids is 1. The van der Waals surface area contributed by atoms with Crippen molar-refractivity contribution in [3.63, 3.8) is 0 Å². The minimum Gasteiger partial charge on any atom is -0.394 e. The fourth-order valence-corrected chi connectivity index (χ4v) is 11.1. The van der Waals surface area contributed by atoms with E-state index in [-0.39, 0.29) is 18.9 Å². The van der Waals surface area contributed by atoms with Crippen molar-refractivity contribution in [3.8, 4) is 0 Å². The lowest BCUT2D eigenvalue weighted by Gasteiger charge is -2.46. The number of rotatable bonds is 54. The van der Waals surface area contributed by atoms with Gasteiger partial charge in [-0.15, -0.1) is 0 Å². The van der Waals surface area contributed by atoms with Gasteiger partial charge in [0, 0.05) is 6.42 Å². The smallest absolute Gasteiger partial charge is 0.220 e. The van der Waals surface area contributed by atoms with Gasteiger partial charge in [0.1, 0.15) is 48.8 Å². The van der Waals surface area contributed by atoms with Crippen molar-refractivity contribution in [1.82, 2.24) is 5.32 Å². The summed E-state index contributed by atoms with van der Waals surface area (Å²) in [4.78, 5) is 13.3. The number of hydrogen-bond donors (Lipinski definition) is 9. The predicted octanol–water partition coefficient (Wildman–Crippen LogP) is 12.4. The zero-order valence-corrected chi connectivity index (χ0v) is 50.4. The largest absolute Gasteiger partial charge is 0.394 e. The third-order valence-electron chi connectivity index (χ3n) is 16.4. The van der Waals surface area contributed by atoms with Crippen LogP contribution in [-0.4, -0.2) is 140 Å². The van der Waals surface area contributed by atoms with Gasteiger partial charge in [0.05, 0.1) is 32.0 Å². The monoisotopic (exact) mass is 1130 g/mol. The van der Waals surface area contributed by atoms with Gasteiger partial charge in [-0.2, -0.15) is 0 Å². The normalized spacial score (nSPS) is 24.5. The Labute approximate surface area is 481 Å². The van der Waals surface area contributed by atoms with Crippen LogP contribution in [0.2, 0.25) is 0 Å². The topological polar surface area (TPSA) is 228 Å². The molecule has 0 radical (unpaired) electrons.